The summed E-state index contributed by atoms with van der Waals surface area (Å²) in [6.45, 7) is 7.69. The van der Waals surface area contributed by atoms with Gasteiger partial charge in [-0.3, -0.25) is 0 Å². The van der Waals surface area contributed by atoms with E-state index in [1.165, 1.54) is 6.42 Å². The molecule has 2 unspecified atom stereocenters. The first-order chi connectivity index (χ1) is 7.29. The average Bonchev–Trinajstić information content (AvgIpc) is 2.29. The molecular weight excluding hydrogens is 186 g/mol. The van der Waals surface area contributed by atoms with Crippen LogP contribution in [0.4, 0.5) is 0 Å². The molecule has 1 aromatic heterocycles. The Morgan fingerprint density at radius 3 is 2.73 bits per heavy atom. The lowest BCUT2D eigenvalue weighted by molar-refractivity contribution is 0.442. The molecule has 1 aromatic rings. The van der Waals surface area contributed by atoms with E-state index >= 15 is 0 Å². The minimum Gasteiger partial charge on any atom is -0.314 e. The smallest absolute Gasteiger partial charge is 0.115 e. The molecule has 0 fully saturated rings. The van der Waals surface area contributed by atoms with Crippen LogP contribution in [0.2, 0.25) is 0 Å². The molecular formula is C12H21N3. The van der Waals surface area contributed by atoms with E-state index in [4.69, 9.17) is 0 Å². The zero-order valence-corrected chi connectivity index (χ0v) is 9.90. The van der Waals surface area contributed by atoms with Crippen LogP contribution in [0.5, 0.6) is 0 Å². The lowest BCUT2D eigenvalue weighted by Gasteiger charge is -2.23. The lowest BCUT2D eigenvalue weighted by Crippen LogP contribution is -2.32. The van der Waals surface area contributed by atoms with Crippen molar-refractivity contribution < 1.29 is 0 Å². The van der Waals surface area contributed by atoms with E-state index in [0.29, 0.717) is 12.0 Å². The molecule has 0 saturated carbocycles. The van der Waals surface area contributed by atoms with Crippen molar-refractivity contribution in [3.05, 3.63) is 24.3 Å². The Morgan fingerprint density at radius 1 is 1.40 bits per heavy atom. The monoisotopic (exact) mass is 207 g/mol. The number of hydrogen-bond acceptors (Lipinski definition) is 3. The predicted octanol–water partition coefficient (Wildman–Crippen LogP) is 2.36. The summed E-state index contributed by atoms with van der Waals surface area (Å²) in [6.07, 6.45) is 5.72. The van der Waals surface area contributed by atoms with E-state index in [0.717, 1.165) is 18.7 Å². The van der Waals surface area contributed by atoms with Crippen molar-refractivity contribution in [2.75, 3.05) is 6.54 Å². The number of nitrogens with zero attached hydrogens (tertiary/aromatic N) is 2. The summed E-state index contributed by atoms with van der Waals surface area (Å²) in [5.41, 5.74) is 1.14. The third kappa shape index (κ3) is 3.59. The summed E-state index contributed by atoms with van der Waals surface area (Å²) in [5, 5.41) is 3.52. The molecule has 0 spiro atoms. The molecule has 0 aliphatic rings. The third-order valence-corrected chi connectivity index (χ3v) is 2.74. The second-order valence-corrected chi connectivity index (χ2v) is 3.89. The fourth-order valence-corrected chi connectivity index (χ4v) is 1.85. The van der Waals surface area contributed by atoms with Crippen molar-refractivity contribution in [3.63, 3.8) is 0 Å². The minimum absolute atomic E-state index is 0.477. The largest absolute Gasteiger partial charge is 0.314 e. The normalized spacial score (nSPS) is 14.9. The third-order valence-electron chi connectivity index (χ3n) is 2.74. The van der Waals surface area contributed by atoms with Gasteiger partial charge in [0.15, 0.2) is 0 Å². The minimum atomic E-state index is 0.477. The highest BCUT2D eigenvalue weighted by Crippen LogP contribution is 2.20. The molecule has 0 aromatic carbocycles. The Balaban J connectivity index is 2.63. The number of aromatic nitrogens is 2. The Bertz CT molecular complexity index is 261. The molecule has 84 valence electrons. The topological polar surface area (TPSA) is 37.8 Å². The average molecular weight is 207 g/mol. The molecule has 0 bridgehead atoms. The van der Waals surface area contributed by atoms with Crippen molar-refractivity contribution >= 4 is 0 Å². The van der Waals surface area contributed by atoms with Crippen LogP contribution in [-0.4, -0.2) is 22.6 Å². The summed E-state index contributed by atoms with van der Waals surface area (Å²) >= 11 is 0. The first-order valence-electron chi connectivity index (χ1n) is 5.78. The van der Waals surface area contributed by atoms with Gasteiger partial charge in [-0.05, 0) is 32.4 Å². The standard InChI is InChI=1S/C12H21N3/c1-4-7-14-10(3)11(5-2)12-6-8-13-9-15-12/h6,8-11,14H,4-5,7H2,1-3H3. The quantitative estimate of drug-likeness (QED) is 0.778. The fourth-order valence-electron chi connectivity index (χ4n) is 1.85. The number of hydrogen-bond donors (Lipinski definition) is 1. The van der Waals surface area contributed by atoms with Crippen LogP contribution in [0.3, 0.4) is 0 Å². The highest BCUT2D eigenvalue weighted by Gasteiger charge is 2.17. The number of nitrogens with one attached hydrogen (secondary N) is 1. The Kier molecular flexibility index (Phi) is 5.26. The van der Waals surface area contributed by atoms with E-state index in [2.05, 4.69) is 36.1 Å². The molecule has 1 heterocycles. The van der Waals surface area contributed by atoms with Crippen molar-refractivity contribution in [1.29, 1.82) is 0 Å². The second-order valence-electron chi connectivity index (χ2n) is 3.89. The van der Waals surface area contributed by atoms with E-state index in [-0.39, 0.29) is 0 Å². The summed E-state index contributed by atoms with van der Waals surface area (Å²) in [4.78, 5) is 8.28. The van der Waals surface area contributed by atoms with Gasteiger partial charge in [-0.2, -0.15) is 0 Å². The molecule has 1 rings (SSSR count). The van der Waals surface area contributed by atoms with Gasteiger partial charge in [0.2, 0.25) is 0 Å². The SMILES string of the molecule is CCCNC(C)C(CC)c1ccncn1. The summed E-state index contributed by atoms with van der Waals surface area (Å²) in [5.74, 6) is 0.486. The maximum Gasteiger partial charge on any atom is 0.115 e. The first-order valence-corrected chi connectivity index (χ1v) is 5.78. The van der Waals surface area contributed by atoms with Crippen LogP contribution in [0.25, 0.3) is 0 Å². The maximum absolute atomic E-state index is 4.33. The van der Waals surface area contributed by atoms with Crippen molar-refractivity contribution in [2.24, 2.45) is 0 Å². The van der Waals surface area contributed by atoms with Gasteiger partial charge in [0.05, 0.1) is 0 Å². The summed E-state index contributed by atoms with van der Waals surface area (Å²) in [7, 11) is 0. The van der Waals surface area contributed by atoms with Crippen molar-refractivity contribution in [3.8, 4) is 0 Å². The van der Waals surface area contributed by atoms with Crippen LogP contribution >= 0.6 is 0 Å². The van der Waals surface area contributed by atoms with Gasteiger partial charge in [0.1, 0.15) is 6.33 Å². The maximum atomic E-state index is 4.33. The van der Waals surface area contributed by atoms with Crippen LogP contribution in [0.15, 0.2) is 18.6 Å². The Labute approximate surface area is 92.3 Å². The first kappa shape index (κ1) is 12.1. The van der Waals surface area contributed by atoms with E-state index in [1.54, 1.807) is 6.33 Å². The van der Waals surface area contributed by atoms with Gasteiger partial charge in [0, 0.05) is 23.9 Å². The predicted molar refractivity (Wildman–Crippen MR) is 62.8 cm³/mol. The zero-order valence-electron chi connectivity index (χ0n) is 9.90. The second kappa shape index (κ2) is 6.51. The highest BCUT2D eigenvalue weighted by molar-refractivity contribution is 5.08. The van der Waals surface area contributed by atoms with Gasteiger partial charge in [0.25, 0.3) is 0 Å². The summed E-state index contributed by atoms with van der Waals surface area (Å²) in [6, 6.07) is 2.49. The molecule has 0 amide bonds. The van der Waals surface area contributed by atoms with Gasteiger partial charge in [-0.1, -0.05) is 13.8 Å². The van der Waals surface area contributed by atoms with Crippen LogP contribution < -0.4 is 5.32 Å². The van der Waals surface area contributed by atoms with Crippen molar-refractivity contribution in [2.45, 2.75) is 45.6 Å². The van der Waals surface area contributed by atoms with Crippen LogP contribution in [-0.2, 0) is 0 Å². The Morgan fingerprint density at radius 2 is 2.20 bits per heavy atom. The van der Waals surface area contributed by atoms with Gasteiger partial charge >= 0.3 is 0 Å². The number of rotatable bonds is 6. The van der Waals surface area contributed by atoms with E-state index in [9.17, 15) is 0 Å². The molecule has 3 nitrogen and oxygen atoms in total. The molecule has 0 radical (unpaired) electrons. The highest BCUT2D eigenvalue weighted by atomic mass is 14.9. The summed E-state index contributed by atoms with van der Waals surface area (Å²) < 4.78 is 0. The molecule has 0 saturated heterocycles. The van der Waals surface area contributed by atoms with Crippen LogP contribution in [0.1, 0.15) is 45.2 Å². The van der Waals surface area contributed by atoms with E-state index < -0.39 is 0 Å². The Hall–Kier alpha value is -0.960. The van der Waals surface area contributed by atoms with Crippen LogP contribution in [0, 0.1) is 0 Å². The lowest BCUT2D eigenvalue weighted by atomic mass is 9.94. The van der Waals surface area contributed by atoms with Gasteiger partial charge in [-0.15, -0.1) is 0 Å². The fraction of sp³-hybridized carbons (Fsp3) is 0.667. The molecule has 0 aliphatic heterocycles. The molecule has 1 N–H and O–H groups in total. The van der Waals surface area contributed by atoms with Gasteiger partial charge < -0.3 is 5.32 Å². The zero-order chi connectivity index (χ0) is 11.1. The van der Waals surface area contributed by atoms with Crippen molar-refractivity contribution in [1.82, 2.24) is 15.3 Å². The molecule has 15 heavy (non-hydrogen) atoms. The molecule has 3 heteroatoms. The molecule has 0 aliphatic carbocycles. The van der Waals surface area contributed by atoms with E-state index in [1.807, 2.05) is 12.3 Å². The molecule has 2 atom stereocenters. The van der Waals surface area contributed by atoms with Gasteiger partial charge in [-0.25, -0.2) is 9.97 Å².